The lowest BCUT2D eigenvalue weighted by molar-refractivity contribution is -0.296. The Balaban J connectivity index is 2.23. The van der Waals surface area contributed by atoms with E-state index in [9.17, 15) is 9.90 Å². The number of nitrogens with two attached hydrogens (primary N) is 1. The molecule has 6 nitrogen and oxygen atoms in total. The monoisotopic (exact) mass is 407 g/mol. The zero-order chi connectivity index (χ0) is 22.3. The maximum Gasteiger partial charge on any atom is 0.314 e. The molecule has 0 fully saturated rings. The predicted molar refractivity (Wildman–Crippen MR) is 121 cm³/mol. The number of aromatic hydroxyl groups is 1. The number of amides is 1. The molecule has 0 atom stereocenters. The first-order chi connectivity index (χ1) is 13.9. The van der Waals surface area contributed by atoms with Gasteiger partial charge in [0.25, 0.3) is 0 Å². The number of hydrogen-bond acceptors (Lipinski definition) is 4. The molecule has 1 aliphatic rings. The average molecular weight is 408 g/mol. The Bertz CT molecular complexity index is 1050. The van der Waals surface area contributed by atoms with Crippen LogP contribution in [0.1, 0.15) is 64.7 Å². The van der Waals surface area contributed by atoms with Crippen LogP contribution in [0.15, 0.2) is 41.4 Å². The second-order valence-electron chi connectivity index (χ2n) is 9.72. The third-order valence-electron chi connectivity index (χ3n) is 5.23. The summed E-state index contributed by atoms with van der Waals surface area (Å²) in [4.78, 5) is 16.6. The van der Waals surface area contributed by atoms with Gasteiger partial charge in [0.1, 0.15) is 18.4 Å². The summed E-state index contributed by atoms with van der Waals surface area (Å²) < 4.78 is 1.86. The number of rotatable bonds is 3. The highest BCUT2D eigenvalue weighted by Crippen LogP contribution is 2.38. The van der Waals surface area contributed by atoms with Crippen LogP contribution < -0.4 is 11.3 Å². The van der Waals surface area contributed by atoms with Gasteiger partial charge in [-0.3, -0.25) is 10.2 Å². The summed E-state index contributed by atoms with van der Waals surface area (Å²) in [5, 5.41) is 11.1. The average Bonchev–Trinajstić information content (AvgIpc) is 2.98. The smallest absolute Gasteiger partial charge is 0.314 e. The number of benzene rings is 2. The van der Waals surface area contributed by atoms with Gasteiger partial charge in [0.2, 0.25) is 11.6 Å². The van der Waals surface area contributed by atoms with Crippen molar-refractivity contribution in [2.24, 2.45) is 10.8 Å². The number of fused-ring (bicyclic) bond motifs is 1. The molecule has 0 saturated carbocycles. The Labute approximate surface area is 178 Å². The fourth-order valence-electron chi connectivity index (χ4n) is 3.46. The Morgan fingerprint density at radius 3 is 2.40 bits per heavy atom. The van der Waals surface area contributed by atoms with Gasteiger partial charge in [0.05, 0.1) is 5.56 Å². The normalized spacial score (nSPS) is 15.2. The summed E-state index contributed by atoms with van der Waals surface area (Å²) in [7, 11) is 0. The topological polar surface area (TPSA) is 90.7 Å². The first-order valence-corrected chi connectivity index (χ1v) is 10.1. The largest absolute Gasteiger partial charge is 0.507 e. The third-order valence-corrected chi connectivity index (χ3v) is 5.23. The molecular weight excluding hydrogens is 376 g/mol. The number of nitrogens with one attached hydrogen (secondary N) is 1. The number of amidine groups is 1. The molecule has 0 aromatic heterocycles. The van der Waals surface area contributed by atoms with Crippen molar-refractivity contribution in [3.05, 3.63) is 53.1 Å². The molecule has 4 N–H and O–H groups in total. The second kappa shape index (κ2) is 7.69. The molecule has 30 heavy (non-hydrogen) atoms. The van der Waals surface area contributed by atoms with Gasteiger partial charge < -0.3 is 5.11 Å². The lowest BCUT2D eigenvalue weighted by Gasteiger charge is -2.26. The Kier molecular flexibility index (Phi) is 5.56. The van der Waals surface area contributed by atoms with Crippen molar-refractivity contribution in [3.63, 3.8) is 0 Å². The van der Waals surface area contributed by atoms with Crippen molar-refractivity contribution in [3.8, 4) is 5.75 Å². The Morgan fingerprint density at radius 2 is 1.80 bits per heavy atom. The van der Waals surface area contributed by atoms with Crippen LogP contribution in [0.4, 0.5) is 11.4 Å². The van der Waals surface area contributed by atoms with Gasteiger partial charge in [0, 0.05) is 5.56 Å². The van der Waals surface area contributed by atoms with Gasteiger partial charge in [0.15, 0.2) is 5.69 Å². The van der Waals surface area contributed by atoms with Crippen LogP contribution in [0.3, 0.4) is 0 Å². The minimum Gasteiger partial charge on any atom is -0.507 e. The van der Waals surface area contributed by atoms with E-state index in [0.717, 1.165) is 22.5 Å². The van der Waals surface area contributed by atoms with Gasteiger partial charge in [-0.2, -0.15) is 4.58 Å². The van der Waals surface area contributed by atoms with Crippen LogP contribution in [0, 0.1) is 0 Å². The predicted octanol–water partition coefficient (Wildman–Crippen LogP) is 4.17. The molecule has 6 heteroatoms. The van der Waals surface area contributed by atoms with Gasteiger partial charge in [-0.05, 0) is 39.6 Å². The van der Waals surface area contributed by atoms with Crippen LogP contribution in [0.2, 0.25) is 0 Å². The minimum atomic E-state index is -0.331. The number of nitrogens with zero attached hydrogens (tertiary/aromatic N) is 2. The molecule has 0 saturated heterocycles. The molecule has 1 amide bonds. The molecule has 0 aliphatic carbocycles. The third kappa shape index (κ3) is 4.28. The number of carbonyl (C=O) groups is 1. The minimum absolute atomic E-state index is 0.0352. The first-order valence-electron chi connectivity index (χ1n) is 10.1. The summed E-state index contributed by atoms with van der Waals surface area (Å²) in [6.45, 7) is 12.7. The highest BCUT2D eigenvalue weighted by Gasteiger charge is 2.32. The molecular formula is C24H31N4O2+. The van der Waals surface area contributed by atoms with Crippen molar-refractivity contribution >= 4 is 29.3 Å². The zero-order valence-corrected chi connectivity index (χ0v) is 18.6. The van der Waals surface area contributed by atoms with Crippen molar-refractivity contribution in [1.29, 1.82) is 0 Å². The van der Waals surface area contributed by atoms with Crippen LogP contribution in [-0.4, -0.2) is 27.6 Å². The number of carbonyl (C=O) groups excluding carboxylic acids is 1. The fourth-order valence-corrected chi connectivity index (χ4v) is 3.46. The summed E-state index contributed by atoms with van der Waals surface area (Å²) >= 11 is 0. The molecule has 3 rings (SSSR count). The van der Waals surface area contributed by atoms with Crippen molar-refractivity contribution < 1.29 is 14.5 Å². The van der Waals surface area contributed by atoms with Gasteiger partial charge >= 0.3 is 5.84 Å². The lowest BCUT2D eigenvalue weighted by atomic mass is 9.79. The fraction of sp³-hybridized carbons (Fsp3) is 0.375. The van der Waals surface area contributed by atoms with Crippen molar-refractivity contribution in [2.75, 3.05) is 0 Å². The lowest BCUT2D eigenvalue weighted by Crippen LogP contribution is -2.33. The molecule has 0 bridgehead atoms. The number of phenolic OH excluding ortho intramolecular Hbond substituents is 1. The summed E-state index contributed by atoms with van der Waals surface area (Å²) in [6, 6.07) is 11.8. The Hall–Kier alpha value is -2.99. The summed E-state index contributed by atoms with van der Waals surface area (Å²) in [6.07, 6.45) is 1.89. The van der Waals surface area contributed by atoms with Crippen molar-refractivity contribution in [2.45, 2.75) is 58.8 Å². The molecule has 2 aromatic rings. The van der Waals surface area contributed by atoms with E-state index in [1.165, 1.54) is 0 Å². The van der Waals surface area contributed by atoms with E-state index in [4.69, 9.17) is 5.84 Å². The molecule has 1 heterocycles. The van der Waals surface area contributed by atoms with E-state index < -0.39 is 0 Å². The highest BCUT2D eigenvalue weighted by molar-refractivity contribution is 6.02. The van der Waals surface area contributed by atoms with Gasteiger partial charge in [-0.1, -0.05) is 59.7 Å². The maximum absolute atomic E-state index is 11.9. The highest BCUT2D eigenvalue weighted by atomic mass is 16.3. The molecule has 158 valence electrons. The quantitative estimate of drug-likeness (QED) is 0.309. The van der Waals surface area contributed by atoms with E-state index in [1.54, 1.807) is 0 Å². The number of hydrazine groups is 1. The number of hydrogen-bond donors (Lipinski definition) is 3. The summed E-state index contributed by atoms with van der Waals surface area (Å²) in [5.41, 5.74) is 6.17. The van der Waals surface area contributed by atoms with E-state index in [0.29, 0.717) is 11.4 Å². The number of phenols is 1. The van der Waals surface area contributed by atoms with Crippen LogP contribution in [-0.2, 0) is 15.6 Å². The standard InChI is InChI=1S/C24H30N4O2/c1-23(2,3)16-11-15(22(30)17(12-16)24(4,5)6)14-28-19-10-8-7-9-18(19)26-20(28)13-21(29)27-25/h7-12,14H,13,25H2,1-6H3,(H,27,29)/p+1. The number of aliphatic imine (C=N–C) groups is 1. The molecule has 0 spiro atoms. The molecule has 0 unspecified atom stereocenters. The summed E-state index contributed by atoms with van der Waals surface area (Å²) in [5.74, 6) is 5.75. The zero-order valence-electron chi connectivity index (χ0n) is 18.6. The SMILES string of the molecule is CC(C)(C)c1cc(C=[N+]2C(CC(=O)NN)=Nc3ccccc32)c(O)c(C(C)(C)C)c1. The van der Waals surface area contributed by atoms with Crippen LogP contribution in [0.5, 0.6) is 5.75 Å². The molecule has 1 aliphatic heterocycles. The molecule has 2 aromatic carbocycles. The maximum atomic E-state index is 11.9. The van der Waals surface area contributed by atoms with Gasteiger partial charge in [-0.25, -0.2) is 5.84 Å². The van der Waals surface area contributed by atoms with E-state index in [1.807, 2.05) is 41.1 Å². The van der Waals surface area contributed by atoms with E-state index in [-0.39, 0.29) is 28.9 Å². The first kappa shape index (κ1) is 21.7. The van der Waals surface area contributed by atoms with Gasteiger partial charge in [-0.15, -0.1) is 0 Å². The second-order valence-corrected chi connectivity index (χ2v) is 9.72. The van der Waals surface area contributed by atoms with Crippen molar-refractivity contribution in [1.82, 2.24) is 5.43 Å². The van der Waals surface area contributed by atoms with Crippen LogP contribution >= 0.6 is 0 Å². The van der Waals surface area contributed by atoms with Crippen LogP contribution in [0.25, 0.3) is 0 Å². The van der Waals surface area contributed by atoms with E-state index in [2.05, 4.69) is 58.0 Å². The molecule has 0 radical (unpaired) electrons. The van der Waals surface area contributed by atoms with E-state index >= 15 is 0 Å². The number of para-hydroxylation sites is 2. The Morgan fingerprint density at radius 1 is 1.13 bits per heavy atom.